The molecule has 0 atom stereocenters. The molecule has 3 nitrogen and oxygen atoms in total. The lowest BCUT2D eigenvalue weighted by molar-refractivity contribution is -0.137. The number of aromatic nitrogens is 1. The highest BCUT2D eigenvalue weighted by molar-refractivity contribution is 5.66. The third kappa shape index (κ3) is 2.68. The molecule has 1 heterocycles. The highest BCUT2D eigenvalue weighted by atomic mass is 19.4. The Labute approximate surface area is 106 Å². The number of benzene rings is 1. The van der Waals surface area contributed by atoms with Crippen LogP contribution in [-0.4, -0.2) is 10.1 Å². The van der Waals surface area contributed by atoms with Crippen LogP contribution in [0.2, 0.25) is 0 Å². The average molecular weight is 269 g/mol. The normalized spacial score (nSPS) is 11.6. The molecule has 0 saturated heterocycles. The summed E-state index contributed by atoms with van der Waals surface area (Å²) in [4.78, 5) is 14.1. The Morgan fingerprint density at radius 1 is 1.21 bits per heavy atom. The fourth-order valence-corrected chi connectivity index (χ4v) is 1.82. The number of H-pyrrole nitrogens is 1. The zero-order chi connectivity index (χ0) is 14.0. The summed E-state index contributed by atoms with van der Waals surface area (Å²) in [5.41, 5.74) is -0.914. The minimum absolute atomic E-state index is 0.0519. The Balaban J connectivity index is 2.64. The van der Waals surface area contributed by atoms with Gasteiger partial charge in [0.25, 0.3) is 5.56 Å². The van der Waals surface area contributed by atoms with Crippen molar-refractivity contribution < 1.29 is 18.3 Å². The molecule has 0 spiro atoms. The summed E-state index contributed by atoms with van der Waals surface area (Å²) in [7, 11) is 0. The van der Waals surface area contributed by atoms with Gasteiger partial charge in [0.05, 0.1) is 17.7 Å². The second-order valence-corrected chi connectivity index (χ2v) is 3.94. The van der Waals surface area contributed by atoms with Crippen molar-refractivity contribution in [2.75, 3.05) is 0 Å². The molecule has 2 N–H and O–H groups in total. The van der Waals surface area contributed by atoms with Gasteiger partial charge in [-0.3, -0.25) is 4.79 Å². The van der Waals surface area contributed by atoms with Gasteiger partial charge in [0.1, 0.15) is 0 Å². The number of hydrogen-bond donors (Lipinski definition) is 2. The van der Waals surface area contributed by atoms with E-state index in [1.807, 2.05) is 0 Å². The van der Waals surface area contributed by atoms with Gasteiger partial charge in [0.15, 0.2) is 0 Å². The second kappa shape index (κ2) is 4.89. The Kier molecular flexibility index (Phi) is 3.44. The Morgan fingerprint density at radius 3 is 2.58 bits per heavy atom. The molecule has 19 heavy (non-hydrogen) atoms. The topological polar surface area (TPSA) is 53.1 Å². The van der Waals surface area contributed by atoms with Crippen molar-refractivity contribution in [2.24, 2.45) is 0 Å². The van der Waals surface area contributed by atoms with E-state index >= 15 is 0 Å². The Morgan fingerprint density at radius 2 is 1.95 bits per heavy atom. The van der Waals surface area contributed by atoms with E-state index in [9.17, 15) is 18.0 Å². The number of halogens is 3. The van der Waals surface area contributed by atoms with E-state index in [1.54, 1.807) is 0 Å². The van der Waals surface area contributed by atoms with Crippen LogP contribution in [0, 0.1) is 0 Å². The quantitative estimate of drug-likeness (QED) is 0.880. The highest BCUT2D eigenvalue weighted by Crippen LogP contribution is 2.32. The number of rotatable bonds is 2. The monoisotopic (exact) mass is 269 g/mol. The van der Waals surface area contributed by atoms with E-state index in [1.165, 1.54) is 24.4 Å². The van der Waals surface area contributed by atoms with Crippen molar-refractivity contribution >= 4 is 0 Å². The van der Waals surface area contributed by atoms with Gasteiger partial charge in [-0.1, -0.05) is 12.1 Å². The summed E-state index contributed by atoms with van der Waals surface area (Å²) in [6, 6.07) is 5.91. The molecule has 0 saturated carbocycles. The summed E-state index contributed by atoms with van der Waals surface area (Å²) in [5, 5.41) is 9.16. The SMILES string of the molecule is O=c1[nH]ccc(CO)c1-c1cccc(C(F)(F)F)c1. The maximum atomic E-state index is 12.6. The zero-order valence-electron chi connectivity index (χ0n) is 9.66. The van der Waals surface area contributed by atoms with Gasteiger partial charge >= 0.3 is 6.18 Å². The third-order valence-corrected chi connectivity index (χ3v) is 2.70. The van der Waals surface area contributed by atoms with E-state index < -0.39 is 23.9 Å². The van der Waals surface area contributed by atoms with Crippen LogP contribution in [-0.2, 0) is 12.8 Å². The highest BCUT2D eigenvalue weighted by Gasteiger charge is 2.30. The van der Waals surface area contributed by atoms with Gasteiger partial charge in [-0.05, 0) is 29.3 Å². The van der Waals surface area contributed by atoms with Crippen LogP contribution in [0.1, 0.15) is 11.1 Å². The molecule has 1 aromatic carbocycles. The van der Waals surface area contributed by atoms with Crippen LogP contribution < -0.4 is 5.56 Å². The first-order chi connectivity index (χ1) is 8.93. The molecule has 0 aliphatic rings. The molecule has 0 aliphatic carbocycles. The second-order valence-electron chi connectivity index (χ2n) is 3.94. The third-order valence-electron chi connectivity index (χ3n) is 2.70. The number of nitrogens with one attached hydrogen (secondary N) is 1. The lowest BCUT2D eigenvalue weighted by Crippen LogP contribution is -2.12. The lowest BCUT2D eigenvalue weighted by Gasteiger charge is -2.10. The lowest BCUT2D eigenvalue weighted by atomic mass is 10.00. The molecule has 6 heteroatoms. The van der Waals surface area contributed by atoms with E-state index in [-0.39, 0.29) is 16.7 Å². The van der Waals surface area contributed by atoms with Crippen LogP contribution in [0.25, 0.3) is 11.1 Å². The maximum absolute atomic E-state index is 12.6. The first kappa shape index (κ1) is 13.4. The van der Waals surface area contributed by atoms with E-state index in [0.717, 1.165) is 12.1 Å². The predicted octanol–water partition coefficient (Wildman–Crippen LogP) is 2.55. The van der Waals surface area contributed by atoms with Crippen LogP contribution in [0.3, 0.4) is 0 Å². The van der Waals surface area contributed by atoms with Crippen molar-refractivity contribution in [3.8, 4) is 11.1 Å². The van der Waals surface area contributed by atoms with Gasteiger partial charge < -0.3 is 10.1 Å². The minimum Gasteiger partial charge on any atom is -0.392 e. The smallest absolute Gasteiger partial charge is 0.392 e. The number of pyridine rings is 1. The molecule has 2 rings (SSSR count). The van der Waals surface area contributed by atoms with Gasteiger partial charge in [-0.25, -0.2) is 0 Å². The molecule has 0 aliphatic heterocycles. The summed E-state index contributed by atoms with van der Waals surface area (Å²) >= 11 is 0. The molecule has 100 valence electrons. The summed E-state index contributed by atoms with van der Waals surface area (Å²) in [5.74, 6) is 0. The maximum Gasteiger partial charge on any atom is 0.416 e. The first-order valence-electron chi connectivity index (χ1n) is 5.42. The van der Waals surface area contributed by atoms with Gasteiger partial charge in [0, 0.05) is 6.20 Å². The van der Waals surface area contributed by atoms with E-state index in [4.69, 9.17) is 5.11 Å². The number of hydrogen-bond acceptors (Lipinski definition) is 2. The van der Waals surface area contributed by atoms with Crippen molar-refractivity contribution in [1.29, 1.82) is 0 Å². The summed E-state index contributed by atoms with van der Waals surface area (Å²) in [6.45, 7) is -0.421. The molecular formula is C13H10F3NO2. The van der Waals surface area contributed by atoms with E-state index in [0.29, 0.717) is 0 Å². The fraction of sp³-hybridized carbons (Fsp3) is 0.154. The number of aliphatic hydroxyl groups is 1. The Hall–Kier alpha value is -2.08. The van der Waals surface area contributed by atoms with Crippen molar-refractivity contribution in [3.63, 3.8) is 0 Å². The van der Waals surface area contributed by atoms with Crippen LogP contribution in [0.15, 0.2) is 41.3 Å². The predicted molar refractivity (Wildman–Crippen MR) is 63.4 cm³/mol. The standard InChI is InChI=1S/C13H10F3NO2/c14-13(15,16)10-3-1-2-8(6-10)11-9(7-18)4-5-17-12(11)19/h1-6,18H,7H2,(H,17,19). The number of alkyl halides is 3. The molecular weight excluding hydrogens is 259 g/mol. The van der Waals surface area contributed by atoms with Gasteiger partial charge in [-0.2, -0.15) is 13.2 Å². The van der Waals surface area contributed by atoms with Crippen LogP contribution in [0.5, 0.6) is 0 Å². The van der Waals surface area contributed by atoms with Crippen LogP contribution in [0.4, 0.5) is 13.2 Å². The average Bonchev–Trinajstić information content (AvgIpc) is 2.37. The van der Waals surface area contributed by atoms with Crippen molar-refractivity contribution in [2.45, 2.75) is 12.8 Å². The van der Waals surface area contributed by atoms with Gasteiger partial charge in [0.2, 0.25) is 0 Å². The Bertz CT molecular complexity index is 647. The van der Waals surface area contributed by atoms with Gasteiger partial charge in [-0.15, -0.1) is 0 Å². The molecule has 0 unspecified atom stereocenters. The number of aliphatic hydroxyl groups excluding tert-OH is 1. The zero-order valence-corrected chi connectivity index (χ0v) is 9.66. The fourth-order valence-electron chi connectivity index (χ4n) is 1.82. The molecule has 2 aromatic rings. The molecule has 1 aromatic heterocycles. The first-order valence-corrected chi connectivity index (χ1v) is 5.42. The van der Waals surface area contributed by atoms with Crippen LogP contribution >= 0.6 is 0 Å². The largest absolute Gasteiger partial charge is 0.416 e. The summed E-state index contributed by atoms with van der Waals surface area (Å²) in [6.07, 6.45) is -3.14. The van der Waals surface area contributed by atoms with E-state index in [2.05, 4.69) is 4.98 Å². The molecule has 0 amide bonds. The molecule has 0 fully saturated rings. The van der Waals surface area contributed by atoms with Crippen molar-refractivity contribution in [3.05, 3.63) is 58.0 Å². The van der Waals surface area contributed by atoms with Crippen molar-refractivity contribution in [1.82, 2.24) is 4.98 Å². The molecule has 0 radical (unpaired) electrons. The minimum atomic E-state index is -4.48. The number of aromatic amines is 1. The molecule has 0 bridgehead atoms. The summed E-state index contributed by atoms with van der Waals surface area (Å²) < 4.78 is 37.9.